The van der Waals surface area contributed by atoms with Crippen LogP contribution in [0.3, 0.4) is 0 Å². The van der Waals surface area contributed by atoms with E-state index in [1.165, 1.54) is 4.88 Å². The standard InChI is InChI=1S/C16H20FNS/c1-4-9-18-12(3)15-7-8-16(19-15)13-6-5-11(2)10-14(13)17/h5-8,10,12,18H,4,9H2,1-3H3. The van der Waals surface area contributed by atoms with E-state index in [9.17, 15) is 4.39 Å². The molecule has 0 saturated heterocycles. The predicted octanol–water partition coefficient (Wildman–Crippen LogP) is 4.92. The molecule has 1 atom stereocenters. The Morgan fingerprint density at radius 2 is 2.05 bits per heavy atom. The number of rotatable bonds is 5. The number of benzene rings is 1. The van der Waals surface area contributed by atoms with Crippen LogP contribution >= 0.6 is 11.3 Å². The van der Waals surface area contributed by atoms with Crippen molar-refractivity contribution in [1.82, 2.24) is 5.32 Å². The van der Waals surface area contributed by atoms with Crippen molar-refractivity contribution in [3.05, 3.63) is 46.6 Å². The number of thiophene rings is 1. The molecule has 19 heavy (non-hydrogen) atoms. The van der Waals surface area contributed by atoms with Crippen LogP contribution in [0.1, 0.15) is 36.8 Å². The van der Waals surface area contributed by atoms with Gasteiger partial charge >= 0.3 is 0 Å². The van der Waals surface area contributed by atoms with Gasteiger partial charge in [0.2, 0.25) is 0 Å². The number of hydrogen-bond acceptors (Lipinski definition) is 2. The highest BCUT2D eigenvalue weighted by atomic mass is 32.1. The maximum absolute atomic E-state index is 13.9. The fourth-order valence-corrected chi connectivity index (χ4v) is 3.07. The zero-order chi connectivity index (χ0) is 13.8. The predicted molar refractivity (Wildman–Crippen MR) is 81.2 cm³/mol. The quantitative estimate of drug-likeness (QED) is 0.817. The van der Waals surface area contributed by atoms with E-state index in [4.69, 9.17) is 0 Å². The van der Waals surface area contributed by atoms with Gasteiger partial charge in [-0.25, -0.2) is 4.39 Å². The van der Waals surface area contributed by atoms with Crippen LogP contribution in [0.5, 0.6) is 0 Å². The topological polar surface area (TPSA) is 12.0 Å². The van der Waals surface area contributed by atoms with Crippen molar-refractivity contribution in [3.63, 3.8) is 0 Å². The molecule has 1 heterocycles. The van der Waals surface area contributed by atoms with E-state index < -0.39 is 0 Å². The van der Waals surface area contributed by atoms with Crippen molar-refractivity contribution in [2.75, 3.05) is 6.54 Å². The van der Waals surface area contributed by atoms with E-state index in [1.54, 1.807) is 17.4 Å². The van der Waals surface area contributed by atoms with E-state index in [0.717, 1.165) is 23.4 Å². The summed E-state index contributed by atoms with van der Waals surface area (Å²) in [5.74, 6) is -0.137. The van der Waals surface area contributed by atoms with Gasteiger partial charge in [-0.3, -0.25) is 0 Å². The van der Waals surface area contributed by atoms with E-state index in [-0.39, 0.29) is 5.82 Å². The highest BCUT2D eigenvalue weighted by Gasteiger charge is 2.11. The molecule has 0 bridgehead atoms. The molecule has 3 heteroatoms. The average Bonchev–Trinajstić information content (AvgIpc) is 2.85. The summed E-state index contributed by atoms with van der Waals surface area (Å²) in [4.78, 5) is 2.25. The smallest absolute Gasteiger partial charge is 0.132 e. The van der Waals surface area contributed by atoms with Crippen molar-refractivity contribution < 1.29 is 4.39 Å². The number of hydrogen-bond donors (Lipinski definition) is 1. The molecular weight excluding hydrogens is 257 g/mol. The SMILES string of the molecule is CCCNC(C)c1ccc(-c2ccc(C)cc2F)s1. The lowest BCUT2D eigenvalue weighted by molar-refractivity contribution is 0.578. The molecule has 0 spiro atoms. The Morgan fingerprint density at radius 1 is 1.26 bits per heavy atom. The first kappa shape index (κ1) is 14.2. The van der Waals surface area contributed by atoms with Crippen LogP contribution in [-0.2, 0) is 0 Å². The maximum atomic E-state index is 13.9. The molecule has 0 amide bonds. The first-order valence-electron chi connectivity index (χ1n) is 6.71. The summed E-state index contributed by atoms with van der Waals surface area (Å²) in [6.45, 7) is 7.22. The molecule has 0 saturated carbocycles. The summed E-state index contributed by atoms with van der Waals surface area (Å²) in [5.41, 5.74) is 1.65. The lowest BCUT2D eigenvalue weighted by atomic mass is 10.1. The minimum Gasteiger partial charge on any atom is -0.309 e. The maximum Gasteiger partial charge on any atom is 0.132 e. The Bertz CT molecular complexity index is 547. The molecule has 0 fully saturated rings. The summed E-state index contributed by atoms with van der Waals surface area (Å²) in [7, 11) is 0. The van der Waals surface area contributed by atoms with Crippen LogP contribution in [0.15, 0.2) is 30.3 Å². The van der Waals surface area contributed by atoms with E-state index in [1.807, 2.05) is 25.1 Å². The molecule has 0 aliphatic heterocycles. The first-order valence-corrected chi connectivity index (χ1v) is 7.53. The highest BCUT2D eigenvalue weighted by Crippen LogP contribution is 2.33. The minimum absolute atomic E-state index is 0.137. The molecule has 102 valence electrons. The largest absolute Gasteiger partial charge is 0.309 e. The number of nitrogens with one attached hydrogen (secondary N) is 1. The second-order valence-electron chi connectivity index (χ2n) is 4.86. The van der Waals surface area contributed by atoms with Gasteiger partial charge in [0.15, 0.2) is 0 Å². The van der Waals surface area contributed by atoms with Crippen LogP contribution in [0, 0.1) is 12.7 Å². The minimum atomic E-state index is -0.137. The van der Waals surface area contributed by atoms with Gasteiger partial charge in [-0.15, -0.1) is 11.3 Å². The molecule has 1 aromatic heterocycles. The van der Waals surface area contributed by atoms with Gasteiger partial charge in [0.25, 0.3) is 0 Å². The molecule has 0 aliphatic carbocycles. The molecule has 0 radical (unpaired) electrons. The molecule has 0 aliphatic rings. The van der Waals surface area contributed by atoms with Crippen molar-refractivity contribution in [2.45, 2.75) is 33.2 Å². The number of aryl methyl sites for hydroxylation is 1. The molecule has 2 aromatic rings. The van der Waals surface area contributed by atoms with Crippen LogP contribution < -0.4 is 5.32 Å². The molecule has 2 rings (SSSR count). The third-order valence-corrected chi connectivity index (χ3v) is 4.45. The first-order chi connectivity index (χ1) is 9.11. The average molecular weight is 277 g/mol. The summed E-state index contributed by atoms with van der Waals surface area (Å²) in [5, 5.41) is 3.45. The number of halogens is 1. The zero-order valence-electron chi connectivity index (χ0n) is 11.7. The third kappa shape index (κ3) is 3.43. The summed E-state index contributed by atoms with van der Waals surface area (Å²) >= 11 is 1.66. The molecule has 1 nitrogen and oxygen atoms in total. The zero-order valence-corrected chi connectivity index (χ0v) is 12.5. The summed E-state index contributed by atoms with van der Waals surface area (Å²) < 4.78 is 13.9. The van der Waals surface area contributed by atoms with E-state index in [2.05, 4.69) is 25.2 Å². The van der Waals surface area contributed by atoms with Gasteiger partial charge in [-0.05, 0) is 50.6 Å². The molecular formula is C16H20FNS. The monoisotopic (exact) mass is 277 g/mol. The Kier molecular flexibility index (Phi) is 4.72. The van der Waals surface area contributed by atoms with Gasteiger partial charge in [0.05, 0.1) is 0 Å². The van der Waals surface area contributed by atoms with Crippen molar-refractivity contribution >= 4 is 11.3 Å². The summed E-state index contributed by atoms with van der Waals surface area (Å²) in [6, 6.07) is 9.84. The fraction of sp³-hybridized carbons (Fsp3) is 0.375. The van der Waals surface area contributed by atoms with Crippen LogP contribution in [-0.4, -0.2) is 6.54 Å². The Labute approximate surface area is 118 Å². The van der Waals surface area contributed by atoms with E-state index >= 15 is 0 Å². The molecule has 1 unspecified atom stereocenters. The molecule has 1 N–H and O–H groups in total. The van der Waals surface area contributed by atoms with Gasteiger partial charge in [-0.2, -0.15) is 0 Å². The second-order valence-corrected chi connectivity index (χ2v) is 5.98. The second kappa shape index (κ2) is 6.31. The Balaban J connectivity index is 2.20. The summed E-state index contributed by atoms with van der Waals surface area (Å²) in [6.07, 6.45) is 1.12. The normalized spacial score (nSPS) is 12.6. The van der Waals surface area contributed by atoms with Gasteiger partial charge in [0.1, 0.15) is 5.82 Å². The van der Waals surface area contributed by atoms with Gasteiger partial charge in [-0.1, -0.05) is 19.1 Å². The highest BCUT2D eigenvalue weighted by molar-refractivity contribution is 7.15. The van der Waals surface area contributed by atoms with Crippen molar-refractivity contribution in [1.29, 1.82) is 0 Å². The van der Waals surface area contributed by atoms with Crippen molar-refractivity contribution in [3.8, 4) is 10.4 Å². The lowest BCUT2D eigenvalue weighted by Gasteiger charge is -2.10. The van der Waals surface area contributed by atoms with Crippen LogP contribution in [0.2, 0.25) is 0 Å². The van der Waals surface area contributed by atoms with Gasteiger partial charge < -0.3 is 5.32 Å². The fourth-order valence-electron chi connectivity index (χ4n) is 2.01. The molecule has 1 aromatic carbocycles. The van der Waals surface area contributed by atoms with E-state index in [0.29, 0.717) is 11.6 Å². The van der Waals surface area contributed by atoms with Crippen molar-refractivity contribution in [2.24, 2.45) is 0 Å². The van der Waals surface area contributed by atoms with Gasteiger partial charge in [0, 0.05) is 21.4 Å². The Morgan fingerprint density at radius 3 is 2.74 bits per heavy atom. The van der Waals surface area contributed by atoms with Crippen LogP contribution in [0.4, 0.5) is 4.39 Å². The Hall–Kier alpha value is -1.19. The lowest BCUT2D eigenvalue weighted by Crippen LogP contribution is -2.18. The van der Waals surface area contributed by atoms with Crippen LogP contribution in [0.25, 0.3) is 10.4 Å². The third-order valence-electron chi connectivity index (χ3n) is 3.14.